The molecule has 0 aromatic heterocycles. The molecular formula is C19H31N3O3. The minimum atomic E-state index is 0.00608. The van der Waals surface area contributed by atoms with Crippen molar-refractivity contribution < 1.29 is 14.6 Å². The van der Waals surface area contributed by atoms with E-state index in [0.717, 1.165) is 50.7 Å². The van der Waals surface area contributed by atoms with Gasteiger partial charge < -0.3 is 25.2 Å². The predicted molar refractivity (Wildman–Crippen MR) is 100 cm³/mol. The summed E-state index contributed by atoms with van der Waals surface area (Å²) in [5.41, 5.74) is 2.42. The van der Waals surface area contributed by atoms with Gasteiger partial charge in [-0.1, -0.05) is 17.7 Å². The van der Waals surface area contributed by atoms with Gasteiger partial charge >= 0.3 is 0 Å². The molecule has 0 bridgehead atoms. The van der Waals surface area contributed by atoms with Crippen LogP contribution in [-0.2, 0) is 11.2 Å². The number of aliphatic imine (C=N–C) groups is 1. The van der Waals surface area contributed by atoms with Gasteiger partial charge in [-0.05, 0) is 37.8 Å². The van der Waals surface area contributed by atoms with E-state index in [1.165, 1.54) is 11.1 Å². The summed E-state index contributed by atoms with van der Waals surface area (Å²) in [7, 11) is 3.47. The molecule has 0 amide bonds. The molecule has 1 unspecified atom stereocenters. The van der Waals surface area contributed by atoms with E-state index >= 15 is 0 Å². The second kappa shape index (κ2) is 9.63. The molecule has 6 nitrogen and oxygen atoms in total. The quantitative estimate of drug-likeness (QED) is 0.490. The van der Waals surface area contributed by atoms with Crippen LogP contribution in [0.1, 0.15) is 24.0 Å². The maximum atomic E-state index is 9.31. The van der Waals surface area contributed by atoms with Crippen molar-refractivity contribution in [3.05, 3.63) is 29.3 Å². The minimum Gasteiger partial charge on any atom is -0.496 e. The third kappa shape index (κ3) is 5.61. The molecule has 1 aromatic carbocycles. The van der Waals surface area contributed by atoms with Gasteiger partial charge in [0.2, 0.25) is 0 Å². The zero-order valence-electron chi connectivity index (χ0n) is 15.6. The molecule has 0 radical (unpaired) electrons. The maximum Gasteiger partial charge on any atom is 0.191 e. The van der Waals surface area contributed by atoms with E-state index < -0.39 is 0 Å². The lowest BCUT2D eigenvalue weighted by Crippen LogP contribution is -2.45. The zero-order valence-corrected chi connectivity index (χ0v) is 15.6. The van der Waals surface area contributed by atoms with Gasteiger partial charge in [-0.2, -0.15) is 0 Å². The Morgan fingerprint density at radius 1 is 1.40 bits per heavy atom. The summed E-state index contributed by atoms with van der Waals surface area (Å²) in [6.45, 7) is 5.24. The van der Waals surface area contributed by atoms with Crippen LogP contribution >= 0.6 is 0 Å². The lowest BCUT2D eigenvalue weighted by Gasteiger charge is -2.27. The molecule has 1 heterocycles. The standard InChI is InChI=1S/C19H31N3O3/c1-15-4-5-17(24-3)16(12-15)6-9-21-18(20-2)22-13-19(7-10-23)8-11-25-14-19/h4-5,12,23H,6-11,13-14H2,1-3H3,(H2,20,21,22). The summed E-state index contributed by atoms with van der Waals surface area (Å²) in [5, 5.41) is 16.0. The maximum absolute atomic E-state index is 9.31. The molecule has 1 fully saturated rings. The second-order valence-electron chi connectivity index (χ2n) is 6.69. The van der Waals surface area contributed by atoms with Crippen molar-refractivity contribution in [3.63, 3.8) is 0 Å². The Morgan fingerprint density at radius 3 is 2.88 bits per heavy atom. The first kappa shape index (κ1) is 19.5. The van der Waals surface area contributed by atoms with Crippen LogP contribution in [0.25, 0.3) is 0 Å². The average molecular weight is 349 g/mol. The number of hydrogen-bond acceptors (Lipinski definition) is 4. The van der Waals surface area contributed by atoms with Crippen molar-refractivity contribution >= 4 is 5.96 Å². The largest absolute Gasteiger partial charge is 0.496 e. The van der Waals surface area contributed by atoms with Crippen LogP contribution in [0.5, 0.6) is 5.75 Å². The zero-order chi connectivity index (χ0) is 18.1. The molecule has 2 rings (SSSR count). The van der Waals surface area contributed by atoms with Crippen LogP contribution < -0.4 is 15.4 Å². The molecule has 1 atom stereocenters. The van der Waals surface area contributed by atoms with Gasteiger partial charge in [0, 0.05) is 38.8 Å². The van der Waals surface area contributed by atoms with Gasteiger partial charge in [0.15, 0.2) is 5.96 Å². The van der Waals surface area contributed by atoms with Gasteiger partial charge in [-0.3, -0.25) is 4.99 Å². The molecule has 0 aliphatic carbocycles. The number of benzene rings is 1. The molecule has 0 spiro atoms. The van der Waals surface area contributed by atoms with E-state index in [0.29, 0.717) is 6.61 Å². The lowest BCUT2D eigenvalue weighted by atomic mass is 9.84. The predicted octanol–water partition coefficient (Wildman–Crippen LogP) is 1.50. The summed E-state index contributed by atoms with van der Waals surface area (Å²) >= 11 is 0. The number of aryl methyl sites for hydroxylation is 1. The Kier molecular flexibility index (Phi) is 7.52. The monoisotopic (exact) mass is 349 g/mol. The first-order chi connectivity index (χ1) is 12.1. The molecule has 3 N–H and O–H groups in total. The van der Waals surface area contributed by atoms with Crippen molar-refractivity contribution in [1.82, 2.24) is 10.6 Å². The van der Waals surface area contributed by atoms with E-state index in [1.807, 2.05) is 6.07 Å². The highest BCUT2D eigenvalue weighted by molar-refractivity contribution is 5.79. The van der Waals surface area contributed by atoms with Crippen molar-refractivity contribution in [3.8, 4) is 5.75 Å². The highest BCUT2D eigenvalue weighted by Crippen LogP contribution is 2.31. The molecule has 6 heteroatoms. The van der Waals surface area contributed by atoms with Crippen molar-refractivity contribution in [2.45, 2.75) is 26.2 Å². The number of aliphatic hydroxyl groups is 1. The summed E-state index contributed by atoms with van der Waals surface area (Å²) < 4.78 is 11.0. The van der Waals surface area contributed by atoms with E-state index in [9.17, 15) is 5.11 Å². The third-order valence-electron chi connectivity index (χ3n) is 4.80. The molecule has 1 aromatic rings. The van der Waals surface area contributed by atoms with Crippen molar-refractivity contribution in [1.29, 1.82) is 0 Å². The second-order valence-corrected chi connectivity index (χ2v) is 6.69. The lowest BCUT2D eigenvalue weighted by molar-refractivity contribution is 0.127. The van der Waals surface area contributed by atoms with Crippen LogP contribution in [0.3, 0.4) is 0 Å². The van der Waals surface area contributed by atoms with Crippen LogP contribution in [0.2, 0.25) is 0 Å². The number of nitrogens with zero attached hydrogens (tertiary/aromatic N) is 1. The number of ether oxygens (including phenoxy) is 2. The fourth-order valence-corrected chi connectivity index (χ4v) is 3.22. The summed E-state index contributed by atoms with van der Waals surface area (Å²) in [6.07, 6.45) is 2.58. The third-order valence-corrected chi connectivity index (χ3v) is 4.80. The number of guanidine groups is 1. The first-order valence-corrected chi connectivity index (χ1v) is 8.89. The Hall–Kier alpha value is -1.79. The number of methoxy groups -OCH3 is 1. The Morgan fingerprint density at radius 2 is 2.24 bits per heavy atom. The van der Waals surface area contributed by atoms with E-state index in [4.69, 9.17) is 9.47 Å². The summed E-state index contributed by atoms with van der Waals surface area (Å²) in [4.78, 5) is 4.29. The number of hydrogen-bond donors (Lipinski definition) is 3. The molecule has 25 heavy (non-hydrogen) atoms. The van der Waals surface area contributed by atoms with Crippen LogP contribution in [0.4, 0.5) is 0 Å². The van der Waals surface area contributed by atoms with Crippen LogP contribution in [-0.4, -0.2) is 58.1 Å². The van der Waals surface area contributed by atoms with Crippen LogP contribution in [0, 0.1) is 12.3 Å². The van der Waals surface area contributed by atoms with E-state index in [-0.39, 0.29) is 12.0 Å². The van der Waals surface area contributed by atoms with E-state index in [1.54, 1.807) is 14.2 Å². The number of nitrogens with one attached hydrogen (secondary N) is 2. The molecule has 0 saturated carbocycles. The molecule has 1 aliphatic rings. The number of rotatable bonds is 8. The summed E-state index contributed by atoms with van der Waals surface area (Å²) in [6, 6.07) is 6.22. The topological polar surface area (TPSA) is 75.1 Å². The highest BCUT2D eigenvalue weighted by Gasteiger charge is 2.34. The van der Waals surface area contributed by atoms with Gasteiger partial charge in [0.1, 0.15) is 5.75 Å². The fraction of sp³-hybridized carbons (Fsp3) is 0.632. The smallest absolute Gasteiger partial charge is 0.191 e. The highest BCUT2D eigenvalue weighted by atomic mass is 16.5. The minimum absolute atomic E-state index is 0.00608. The van der Waals surface area contributed by atoms with Gasteiger partial charge in [0.05, 0.1) is 13.7 Å². The molecule has 1 saturated heterocycles. The fourth-order valence-electron chi connectivity index (χ4n) is 3.22. The SMILES string of the molecule is CN=C(NCCc1cc(C)ccc1OC)NCC1(CCO)CCOC1. The molecular weight excluding hydrogens is 318 g/mol. The number of aliphatic hydroxyl groups excluding tert-OH is 1. The Balaban J connectivity index is 1.83. The Bertz CT molecular complexity index is 569. The van der Waals surface area contributed by atoms with Crippen LogP contribution in [0.15, 0.2) is 23.2 Å². The summed E-state index contributed by atoms with van der Waals surface area (Å²) in [5.74, 6) is 1.69. The van der Waals surface area contributed by atoms with Gasteiger partial charge in [-0.15, -0.1) is 0 Å². The molecule has 140 valence electrons. The Labute approximate surface area is 150 Å². The average Bonchev–Trinajstić information content (AvgIpc) is 3.07. The van der Waals surface area contributed by atoms with Crippen molar-refractivity contribution in [2.24, 2.45) is 10.4 Å². The van der Waals surface area contributed by atoms with E-state index in [2.05, 4.69) is 34.7 Å². The normalized spacial score (nSPS) is 20.6. The van der Waals surface area contributed by atoms with Gasteiger partial charge in [0.25, 0.3) is 0 Å². The van der Waals surface area contributed by atoms with Gasteiger partial charge in [-0.25, -0.2) is 0 Å². The molecule has 1 aliphatic heterocycles. The first-order valence-electron chi connectivity index (χ1n) is 8.89. The van der Waals surface area contributed by atoms with Crippen molar-refractivity contribution in [2.75, 3.05) is 47.1 Å².